The number of nitrogens with one attached hydrogen (secondary N) is 1. The van der Waals surface area contributed by atoms with Crippen molar-refractivity contribution in [2.75, 3.05) is 6.54 Å². The second kappa shape index (κ2) is 8.52. The van der Waals surface area contributed by atoms with Gasteiger partial charge in [-0.2, -0.15) is 5.10 Å². The molecule has 1 aromatic heterocycles. The number of alkyl halides is 2. The molecule has 1 unspecified atom stereocenters. The summed E-state index contributed by atoms with van der Waals surface area (Å²) in [6.45, 7) is 8.48. The molecule has 1 aromatic carbocycles. The number of carbonyl (C=O) groups is 2. The molecular formula is C24H30ClF2N5O2. The highest BCUT2D eigenvalue weighted by Gasteiger charge is 2.47. The summed E-state index contributed by atoms with van der Waals surface area (Å²) >= 11 is 6.43. The van der Waals surface area contributed by atoms with Gasteiger partial charge in [0.1, 0.15) is 5.69 Å². The Bertz CT molecular complexity index is 1130. The number of amides is 3. The normalized spacial score (nSPS) is 20.0. The van der Waals surface area contributed by atoms with Crippen molar-refractivity contribution in [1.29, 1.82) is 0 Å². The van der Waals surface area contributed by atoms with Crippen LogP contribution in [0.25, 0.3) is 11.3 Å². The Balaban J connectivity index is 1.73. The van der Waals surface area contributed by atoms with Gasteiger partial charge in [0.15, 0.2) is 0 Å². The van der Waals surface area contributed by atoms with Gasteiger partial charge < -0.3 is 16.0 Å². The highest BCUT2D eigenvalue weighted by atomic mass is 35.5. The molecule has 0 radical (unpaired) electrons. The van der Waals surface area contributed by atoms with Gasteiger partial charge in [0.25, 0.3) is 11.8 Å². The topological polar surface area (TPSA) is 93.2 Å². The average molecular weight is 494 g/mol. The van der Waals surface area contributed by atoms with Crippen LogP contribution in [0, 0.1) is 5.41 Å². The van der Waals surface area contributed by atoms with Crippen molar-refractivity contribution in [3.05, 3.63) is 40.0 Å². The van der Waals surface area contributed by atoms with E-state index in [0.29, 0.717) is 28.5 Å². The Morgan fingerprint density at radius 3 is 2.50 bits per heavy atom. The van der Waals surface area contributed by atoms with Gasteiger partial charge >= 0.3 is 6.03 Å². The van der Waals surface area contributed by atoms with E-state index in [0.717, 1.165) is 12.0 Å². The fourth-order valence-electron chi connectivity index (χ4n) is 4.68. The molecule has 2 aromatic rings. The van der Waals surface area contributed by atoms with Crippen molar-refractivity contribution in [2.24, 2.45) is 11.1 Å². The first kappa shape index (κ1) is 24.4. The Labute approximate surface area is 202 Å². The first-order valence-corrected chi connectivity index (χ1v) is 11.8. The summed E-state index contributed by atoms with van der Waals surface area (Å²) in [5, 5.41) is 8.06. The zero-order chi connectivity index (χ0) is 25.0. The number of aryl methyl sites for hydroxylation is 1. The minimum Gasteiger partial charge on any atom is -0.365 e. The van der Waals surface area contributed by atoms with Gasteiger partial charge in [-0.3, -0.25) is 9.48 Å². The molecule has 7 nitrogen and oxygen atoms in total. The lowest BCUT2D eigenvalue weighted by Crippen LogP contribution is -2.56. The maximum absolute atomic E-state index is 13.2. The smallest absolute Gasteiger partial charge is 0.318 e. The predicted octanol–water partition coefficient (Wildman–Crippen LogP) is 4.77. The van der Waals surface area contributed by atoms with Crippen molar-refractivity contribution in [1.82, 2.24) is 20.0 Å². The van der Waals surface area contributed by atoms with E-state index in [1.54, 1.807) is 15.6 Å². The van der Waals surface area contributed by atoms with Gasteiger partial charge in [-0.15, -0.1) is 0 Å². The number of carbonyl (C=O) groups excluding carboxylic acids is 2. The van der Waals surface area contributed by atoms with E-state index in [4.69, 9.17) is 22.4 Å². The van der Waals surface area contributed by atoms with Crippen molar-refractivity contribution in [3.8, 4) is 11.3 Å². The van der Waals surface area contributed by atoms with E-state index >= 15 is 0 Å². The minimum atomic E-state index is -2.73. The van der Waals surface area contributed by atoms with Gasteiger partial charge in [0, 0.05) is 36.0 Å². The first-order chi connectivity index (χ1) is 15.8. The lowest BCUT2D eigenvalue weighted by atomic mass is 9.85. The molecule has 3 N–H and O–H groups in total. The molecule has 10 heteroatoms. The summed E-state index contributed by atoms with van der Waals surface area (Å²) < 4.78 is 28.3. The van der Waals surface area contributed by atoms with Gasteiger partial charge in [-0.25, -0.2) is 13.6 Å². The third-order valence-electron chi connectivity index (χ3n) is 6.70. The van der Waals surface area contributed by atoms with Crippen LogP contribution in [0.3, 0.4) is 0 Å². The zero-order valence-electron chi connectivity index (χ0n) is 19.8. The Morgan fingerprint density at radius 1 is 1.29 bits per heavy atom. The van der Waals surface area contributed by atoms with E-state index in [2.05, 4.69) is 5.32 Å². The maximum Gasteiger partial charge on any atom is 0.318 e. The van der Waals surface area contributed by atoms with Crippen LogP contribution >= 0.6 is 11.6 Å². The Hall–Kier alpha value is -2.68. The molecular weight excluding hydrogens is 464 g/mol. The molecule has 3 amide bonds. The summed E-state index contributed by atoms with van der Waals surface area (Å²) in [5.41, 5.74) is 8.31. The van der Waals surface area contributed by atoms with E-state index < -0.39 is 23.9 Å². The summed E-state index contributed by atoms with van der Waals surface area (Å²) in [4.78, 5) is 27.1. The molecule has 184 valence electrons. The summed E-state index contributed by atoms with van der Waals surface area (Å²) in [5.74, 6) is -3.38. The summed E-state index contributed by atoms with van der Waals surface area (Å²) in [6.07, 6.45) is 0.0431. The van der Waals surface area contributed by atoms with E-state index in [-0.39, 0.29) is 36.4 Å². The second-order valence-electron chi connectivity index (χ2n) is 10.3. The number of rotatable bonds is 4. The molecule has 1 fully saturated rings. The molecule has 0 saturated heterocycles. The standard InChI is InChI=1S/C24H30ClF2N5O2/c1-5-13-6-7-14(8-16(13)25)20-19(21(28)33)17-11-31(12-18(23(2,3)4)32(17)30-20)22(34)29-15-9-24(26,27)10-15/h6-8,15,18H,5,9-12H2,1-4H3,(H2,28,33)(H,29,34). The monoisotopic (exact) mass is 493 g/mol. The van der Waals surface area contributed by atoms with E-state index in [1.165, 1.54) is 0 Å². The van der Waals surface area contributed by atoms with Gasteiger partial charge in [0.2, 0.25) is 0 Å². The average Bonchev–Trinajstić information content (AvgIpc) is 3.10. The van der Waals surface area contributed by atoms with Gasteiger partial charge in [-0.05, 0) is 23.5 Å². The summed E-state index contributed by atoms with van der Waals surface area (Å²) in [6, 6.07) is 4.27. The van der Waals surface area contributed by atoms with E-state index in [1.807, 2.05) is 39.8 Å². The first-order valence-electron chi connectivity index (χ1n) is 11.4. The lowest BCUT2D eigenvalue weighted by Gasteiger charge is -2.42. The van der Waals surface area contributed by atoms with Crippen LogP contribution in [0.1, 0.15) is 68.2 Å². The number of nitrogens with zero attached hydrogens (tertiary/aromatic N) is 3. The molecule has 34 heavy (non-hydrogen) atoms. The van der Waals surface area contributed by atoms with Crippen molar-refractivity contribution in [3.63, 3.8) is 0 Å². The molecule has 0 spiro atoms. The highest BCUT2D eigenvalue weighted by molar-refractivity contribution is 6.31. The van der Waals surface area contributed by atoms with Gasteiger partial charge in [0.05, 0.1) is 23.8 Å². The molecule has 2 heterocycles. The molecule has 1 aliphatic carbocycles. The molecule has 4 rings (SSSR count). The van der Waals surface area contributed by atoms with Crippen molar-refractivity contribution >= 4 is 23.5 Å². The van der Waals surface area contributed by atoms with Crippen molar-refractivity contribution in [2.45, 2.75) is 71.5 Å². The van der Waals surface area contributed by atoms with Crippen LogP contribution in [0.2, 0.25) is 5.02 Å². The fourth-order valence-corrected chi connectivity index (χ4v) is 4.99. The summed E-state index contributed by atoms with van der Waals surface area (Å²) in [7, 11) is 0. The minimum absolute atomic E-state index is 0.0908. The number of urea groups is 1. The van der Waals surface area contributed by atoms with Crippen LogP contribution in [0.4, 0.5) is 13.6 Å². The van der Waals surface area contributed by atoms with Gasteiger partial charge in [-0.1, -0.05) is 51.4 Å². The number of aromatic nitrogens is 2. The molecule has 0 bridgehead atoms. The number of halogens is 3. The zero-order valence-corrected chi connectivity index (χ0v) is 20.5. The van der Waals surface area contributed by atoms with E-state index in [9.17, 15) is 18.4 Å². The SMILES string of the molecule is CCc1ccc(-c2nn3c(c2C(N)=O)CN(C(=O)NC2CC(F)(F)C2)CC3C(C)(C)C)cc1Cl. The molecule has 1 atom stereocenters. The number of hydrogen-bond donors (Lipinski definition) is 2. The highest BCUT2D eigenvalue weighted by Crippen LogP contribution is 2.40. The van der Waals surface area contributed by atoms with Crippen molar-refractivity contribution < 1.29 is 18.4 Å². The van der Waals surface area contributed by atoms with Crippen LogP contribution in [0.15, 0.2) is 18.2 Å². The number of primary amides is 1. The van der Waals surface area contributed by atoms with Crippen LogP contribution in [-0.2, 0) is 13.0 Å². The number of nitrogens with two attached hydrogens (primary N) is 1. The second-order valence-corrected chi connectivity index (χ2v) is 10.7. The van der Waals surface area contributed by atoms with Crippen LogP contribution in [-0.4, -0.2) is 45.1 Å². The quantitative estimate of drug-likeness (QED) is 0.642. The van der Waals surface area contributed by atoms with Crippen LogP contribution < -0.4 is 11.1 Å². The lowest BCUT2D eigenvalue weighted by molar-refractivity contribution is -0.0905. The number of benzene rings is 1. The molecule has 1 saturated carbocycles. The number of fused-ring (bicyclic) bond motifs is 1. The Kier molecular flexibility index (Phi) is 6.12. The third-order valence-corrected chi connectivity index (χ3v) is 7.05. The predicted molar refractivity (Wildman–Crippen MR) is 126 cm³/mol. The molecule has 2 aliphatic rings. The third kappa shape index (κ3) is 4.50. The largest absolute Gasteiger partial charge is 0.365 e. The number of hydrogen-bond acceptors (Lipinski definition) is 3. The fraction of sp³-hybridized carbons (Fsp3) is 0.542. The maximum atomic E-state index is 13.2. The Morgan fingerprint density at radius 2 is 1.97 bits per heavy atom. The van der Waals surface area contributed by atoms with Crippen LogP contribution in [0.5, 0.6) is 0 Å². The molecule has 1 aliphatic heterocycles.